The summed E-state index contributed by atoms with van der Waals surface area (Å²) in [6, 6.07) is 0. The summed E-state index contributed by atoms with van der Waals surface area (Å²) in [4.78, 5) is 49.6. The number of aryl methyl sites for hydroxylation is 1. The van der Waals surface area contributed by atoms with E-state index in [2.05, 4.69) is 4.98 Å². The van der Waals surface area contributed by atoms with Crippen molar-refractivity contribution in [2.45, 2.75) is 72.1 Å². The van der Waals surface area contributed by atoms with Crippen molar-refractivity contribution in [3.05, 3.63) is 32.6 Å². The van der Waals surface area contributed by atoms with E-state index in [4.69, 9.17) is 18.5 Å². The monoisotopic (exact) mass is 506 g/mol. The molecular weight excluding hydrogens is 474 g/mol. The molecule has 0 saturated carbocycles. The lowest BCUT2D eigenvalue weighted by Crippen LogP contribution is -2.39. The molecule has 1 aliphatic heterocycles. The molecule has 2 rings (SSSR count). The number of ketones is 1. The van der Waals surface area contributed by atoms with Crippen molar-refractivity contribution in [1.82, 2.24) is 9.55 Å². The lowest BCUT2D eigenvalue weighted by Gasteiger charge is -2.27. The molecule has 2 heterocycles. The van der Waals surface area contributed by atoms with Gasteiger partial charge in [0.05, 0.1) is 25.8 Å². The van der Waals surface area contributed by atoms with Crippen LogP contribution in [0.25, 0.3) is 0 Å². The van der Waals surface area contributed by atoms with Crippen LogP contribution in [0.5, 0.6) is 0 Å². The fraction of sp³-hybridized carbons (Fsp3) is 0.714. The first-order valence-electron chi connectivity index (χ1n) is 11.1. The van der Waals surface area contributed by atoms with Crippen LogP contribution in [0, 0.1) is 12.8 Å². The predicted molar refractivity (Wildman–Crippen MR) is 120 cm³/mol. The number of rotatable bonds is 12. The van der Waals surface area contributed by atoms with Gasteiger partial charge in [-0.15, -0.1) is 0 Å². The van der Waals surface area contributed by atoms with Crippen molar-refractivity contribution < 1.29 is 37.1 Å². The molecule has 192 valence electrons. The zero-order valence-electron chi connectivity index (χ0n) is 19.9. The van der Waals surface area contributed by atoms with Crippen molar-refractivity contribution in [3.8, 4) is 0 Å². The number of aromatic nitrogens is 2. The molecule has 0 bridgehead atoms. The first kappa shape index (κ1) is 28.1. The molecule has 1 aliphatic rings. The molecule has 0 radical (unpaired) electrons. The minimum Gasteiger partial charge on any atom is -0.456 e. The number of hydrogen-bond donors (Lipinski definition) is 1. The number of esters is 1. The smallest absolute Gasteiger partial charge is 0.331 e. The highest BCUT2D eigenvalue weighted by molar-refractivity contribution is 7.53. The van der Waals surface area contributed by atoms with E-state index in [1.807, 2.05) is 0 Å². The Kier molecular flexibility index (Phi) is 9.93. The molecule has 1 saturated heterocycles. The average Bonchev–Trinajstić information content (AvgIpc) is 3.05. The Morgan fingerprint density at radius 3 is 2.41 bits per heavy atom. The van der Waals surface area contributed by atoms with Crippen LogP contribution in [0.2, 0.25) is 0 Å². The largest absolute Gasteiger partial charge is 0.456 e. The average molecular weight is 506 g/mol. The van der Waals surface area contributed by atoms with Gasteiger partial charge in [0.25, 0.3) is 5.56 Å². The highest BCUT2D eigenvalue weighted by Crippen LogP contribution is 2.51. The van der Waals surface area contributed by atoms with Crippen molar-refractivity contribution in [2.24, 2.45) is 5.92 Å². The van der Waals surface area contributed by atoms with Gasteiger partial charge in [-0.1, -0.05) is 6.92 Å². The van der Waals surface area contributed by atoms with Crippen LogP contribution >= 0.6 is 7.60 Å². The third-order valence-corrected chi connectivity index (χ3v) is 7.63. The Morgan fingerprint density at radius 2 is 1.85 bits per heavy atom. The summed E-state index contributed by atoms with van der Waals surface area (Å²) >= 11 is 0. The molecule has 34 heavy (non-hydrogen) atoms. The lowest BCUT2D eigenvalue weighted by molar-refractivity contribution is -0.155. The second-order valence-corrected chi connectivity index (χ2v) is 10.3. The van der Waals surface area contributed by atoms with Crippen molar-refractivity contribution >= 4 is 19.3 Å². The van der Waals surface area contributed by atoms with E-state index in [0.29, 0.717) is 0 Å². The van der Waals surface area contributed by atoms with Gasteiger partial charge < -0.3 is 23.3 Å². The fourth-order valence-corrected chi connectivity index (χ4v) is 5.71. The van der Waals surface area contributed by atoms with E-state index in [0.717, 1.165) is 10.8 Å². The van der Waals surface area contributed by atoms with Gasteiger partial charge in [-0.2, -0.15) is 0 Å². The molecule has 1 N–H and O–H groups in total. The van der Waals surface area contributed by atoms with E-state index < -0.39 is 55.3 Å². The third-order valence-electron chi connectivity index (χ3n) is 5.30. The van der Waals surface area contributed by atoms with Gasteiger partial charge in [0, 0.05) is 18.2 Å². The normalized spacial score (nSPS) is 23.6. The van der Waals surface area contributed by atoms with E-state index in [-0.39, 0.29) is 43.6 Å². The second kappa shape index (κ2) is 12.0. The molecule has 11 nitrogen and oxygen atoms in total. The number of ether oxygens (including phenoxy) is 2. The van der Waals surface area contributed by atoms with E-state index >= 15 is 4.39 Å². The quantitative estimate of drug-likeness (QED) is 0.333. The Labute approximate surface area is 196 Å². The fourth-order valence-electron chi connectivity index (χ4n) is 3.72. The standard InChI is InChI=1S/C21H32FN2O9P/c1-6-30-34(29,31-7-2)11-13(4)17-18(32-15(26)9-8-14(5)25)16(22)20(33-17)24-10-12(3)19(27)23-21(24)28/h10,13,16-18,20H,6-9,11H2,1-5H3,(H,23,27,28)/t13-,16-,17?,18+,20?/m1/s1. The Morgan fingerprint density at radius 1 is 1.24 bits per heavy atom. The topological polar surface area (TPSA) is 143 Å². The van der Waals surface area contributed by atoms with Crippen LogP contribution in [0.15, 0.2) is 15.8 Å². The highest BCUT2D eigenvalue weighted by atomic mass is 31.2. The number of carbonyl (C=O) groups is 2. The van der Waals surface area contributed by atoms with E-state index in [9.17, 15) is 23.7 Å². The molecule has 5 atom stereocenters. The predicted octanol–water partition coefficient (Wildman–Crippen LogP) is 2.26. The van der Waals surface area contributed by atoms with Crippen LogP contribution in [-0.4, -0.2) is 59.1 Å². The van der Waals surface area contributed by atoms with Gasteiger partial charge in [0.15, 0.2) is 18.5 Å². The zero-order valence-corrected chi connectivity index (χ0v) is 20.8. The molecule has 0 aromatic carbocycles. The summed E-state index contributed by atoms with van der Waals surface area (Å²) in [7, 11) is -3.55. The van der Waals surface area contributed by atoms with Crippen LogP contribution in [0.1, 0.15) is 52.3 Å². The number of Topliss-reactive ketones (excluding diaryl/α,β-unsaturated/α-hetero) is 1. The molecule has 1 aromatic heterocycles. The van der Waals surface area contributed by atoms with Gasteiger partial charge >= 0.3 is 19.3 Å². The molecule has 0 aliphatic carbocycles. The molecular formula is C21H32FN2O9P. The highest BCUT2D eigenvalue weighted by Gasteiger charge is 2.52. The number of alkyl halides is 1. The van der Waals surface area contributed by atoms with Gasteiger partial charge in [0.1, 0.15) is 11.9 Å². The zero-order chi connectivity index (χ0) is 25.6. The first-order chi connectivity index (χ1) is 15.9. The van der Waals surface area contributed by atoms with Crippen molar-refractivity contribution in [1.29, 1.82) is 0 Å². The lowest BCUT2D eigenvalue weighted by atomic mass is 10.0. The number of hydrogen-bond acceptors (Lipinski definition) is 9. The number of halogens is 1. The molecule has 1 aromatic rings. The molecule has 13 heteroatoms. The van der Waals surface area contributed by atoms with Crippen LogP contribution in [0.4, 0.5) is 4.39 Å². The minimum atomic E-state index is -3.55. The van der Waals surface area contributed by atoms with Crippen LogP contribution in [-0.2, 0) is 32.7 Å². The summed E-state index contributed by atoms with van der Waals surface area (Å²) in [5.74, 6) is -1.73. The number of H-pyrrole nitrogens is 1. The number of nitrogens with one attached hydrogen (secondary N) is 1. The third kappa shape index (κ3) is 6.94. The summed E-state index contributed by atoms with van der Waals surface area (Å²) in [5.41, 5.74) is -1.37. The summed E-state index contributed by atoms with van der Waals surface area (Å²) in [6.07, 6.45) is -5.40. The SMILES string of the molecule is CCOP(=O)(C[C@@H](C)C1OC(n2cc(C)c(=O)[nH]c2=O)[C@H](F)[C@@H]1OC(=O)CCC(C)=O)OCC. The molecule has 0 amide bonds. The summed E-state index contributed by atoms with van der Waals surface area (Å²) < 4.78 is 51.3. The van der Waals surface area contributed by atoms with E-state index in [1.54, 1.807) is 20.8 Å². The summed E-state index contributed by atoms with van der Waals surface area (Å²) in [6.45, 7) is 7.92. The van der Waals surface area contributed by atoms with Crippen LogP contribution < -0.4 is 11.2 Å². The van der Waals surface area contributed by atoms with Crippen LogP contribution in [0.3, 0.4) is 0 Å². The van der Waals surface area contributed by atoms with Gasteiger partial charge in [-0.3, -0.25) is 23.7 Å². The summed E-state index contributed by atoms with van der Waals surface area (Å²) in [5, 5.41) is 0. The number of carbonyl (C=O) groups excluding carboxylic acids is 2. The van der Waals surface area contributed by atoms with Gasteiger partial charge in [-0.25, -0.2) is 9.18 Å². The Bertz CT molecular complexity index is 1030. The number of aromatic amines is 1. The maximum Gasteiger partial charge on any atom is 0.331 e. The molecule has 2 unspecified atom stereocenters. The Balaban J connectivity index is 2.37. The van der Waals surface area contributed by atoms with Gasteiger partial charge in [0.2, 0.25) is 0 Å². The first-order valence-corrected chi connectivity index (χ1v) is 12.8. The number of nitrogens with zero attached hydrogens (tertiary/aromatic N) is 1. The Hall–Kier alpha value is -2.14. The van der Waals surface area contributed by atoms with Crippen molar-refractivity contribution in [3.63, 3.8) is 0 Å². The maximum atomic E-state index is 15.6. The van der Waals surface area contributed by atoms with Crippen molar-refractivity contribution in [2.75, 3.05) is 19.4 Å². The maximum absolute atomic E-state index is 15.6. The van der Waals surface area contributed by atoms with Gasteiger partial charge in [-0.05, 0) is 33.6 Å². The molecule has 1 fully saturated rings. The second-order valence-electron chi connectivity index (χ2n) is 8.18. The van der Waals surface area contributed by atoms with E-state index in [1.165, 1.54) is 13.8 Å². The molecule has 0 spiro atoms. The minimum absolute atomic E-state index is 0.0739.